The van der Waals surface area contributed by atoms with Gasteiger partial charge in [-0.1, -0.05) is 6.92 Å². The number of thiazole rings is 1. The van der Waals surface area contributed by atoms with Crippen LogP contribution >= 0.6 is 11.3 Å². The molecule has 1 heterocycles. The van der Waals surface area contributed by atoms with Crippen molar-refractivity contribution in [2.45, 2.75) is 19.5 Å². The molecule has 0 spiro atoms. The first-order chi connectivity index (χ1) is 9.99. The lowest BCUT2D eigenvalue weighted by Crippen LogP contribution is -2.16. The lowest BCUT2D eigenvalue weighted by molar-refractivity contribution is -0.137. The van der Waals surface area contributed by atoms with Gasteiger partial charge in [-0.2, -0.15) is 13.2 Å². The van der Waals surface area contributed by atoms with Gasteiger partial charge in [-0.25, -0.2) is 4.98 Å². The highest BCUT2D eigenvalue weighted by atomic mass is 32.1. The van der Waals surface area contributed by atoms with E-state index >= 15 is 0 Å². The van der Waals surface area contributed by atoms with Crippen LogP contribution in [0.25, 0.3) is 0 Å². The molecule has 0 aliphatic carbocycles. The topological polar surface area (TPSA) is 37.0 Å². The Hall–Kier alpha value is -1.60. The van der Waals surface area contributed by atoms with Gasteiger partial charge in [0.2, 0.25) is 0 Å². The summed E-state index contributed by atoms with van der Waals surface area (Å²) in [6, 6.07) is 4.93. The molecule has 21 heavy (non-hydrogen) atoms. The van der Waals surface area contributed by atoms with Crippen LogP contribution < -0.4 is 10.6 Å². The summed E-state index contributed by atoms with van der Waals surface area (Å²) < 4.78 is 37.4. The van der Waals surface area contributed by atoms with E-state index in [4.69, 9.17) is 0 Å². The summed E-state index contributed by atoms with van der Waals surface area (Å²) in [6.45, 7) is 3.82. The molecular weight excluding hydrogens is 299 g/mol. The molecule has 0 saturated carbocycles. The minimum Gasteiger partial charge on any atom is -0.332 e. The highest BCUT2D eigenvalue weighted by Gasteiger charge is 2.29. The molecule has 1 aromatic heterocycles. The predicted octanol–water partition coefficient (Wildman–Crippen LogP) is 4.06. The molecule has 0 amide bonds. The van der Waals surface area contributed by atoms with E-state index in [0.29, 0.717) is 10.8 Å². The van der Waals surface area contributed by atoms with E-state index in [1.54, 1.807) is 0 Å². The summed E-state index contributed by atoms with van der Waals surface area (Å²) in [5, 5.41) is 8.86. The van der Waals surface area contributed by atoms with Crippen molar-refractivity contribution >= 4 is 22.2 Å². The van der Waals surface area contributed by atoms with Crippen LogP contribution in [-0.4, -0.2) is 18.1 Å². The van der Waals surface area contributed by atoms with E-state index in [1.165, 1.54) is 23.5 Å². The number of benzene rings is 1. The van der Waals surface area contributed by atoms with Gasteiger partial charge in [-0.05, 0) is 30.8 Å². The fraction of sp³-hybridized carbons (Fsp3) is 0.357. The standard InChI is InChI=1S/C14H16F3N3S/c1-2-18-8-7-12-9-21-13(20-12)19-11-5-3-10(4-6-11)14(15,16)17/h3-6,9,18H,2,7-8H2,1H3,(H,19,20). The summed E-state index contributed by atoms with van der Waals surface area (Å²) in [7, 11) is 0. The van der Waals surface area contributed by atoms with Gasteiger partial charge in [0.1, 0.15) is 0 Å². The van der Waals surface area contributed by atoms with E-state index in [1.807, 2.05) is 12.3 Å². The number of aromatic nitrogens is 1. The second-order valence-corrected chi connectivity index (χ2v) is 5.31. The monoisotopic (exact) mass is 315 g/mol. The maximum Gasteiger partial charge on any atom is 0.416 e. The first-order valence-corrected chi connectivity index (χ1v) is 7.46. The van der Waals surface area contributed by atoms with E-state index in [9.17, 15) is 13.2 Å². The number of hydrogen-bond acceptors (Lipinski definition) is 4. The molecule has 0 unspecified atom stereocenters. The zero-order valence-corrected chi connectivity index (χ0v) is 12.3. The lowest BCUT2D eigenvalue weighted by atomic mass is 10.2. The molecule has 2 N–H and O–H groups in total. The van der Waals surface area contributed by atoms with Crippen LogP contribution in [0, 0.1) is 0 Å². The van der Waals surface area contributed by atoms with E-state index < -0.39 is 11.7 Å². The van der Waals surface area contributed by atoms with Gasteiger partial charge in [0, 0.05) is 24.0 Å². The largest absolute Gasteiger partial charge is 0.416 e. The van der Waals surface area contributed by atoms with E-state index in [0.717, 1.165) is 37.3 Å². The van der Waals surface area contributed by atoms with Crippen LogP contribution in [0.3, 0.4) is 0 Å². The number of likely N-dealkylation sites (N-methyl/N-ethyl adjacent to an activating group) is 1. The molecule has 2 rings (SSSR count). The molecular formula is C14H16F3N3S. The molecule has 0 aliphatic heterocycles. The van der Waals surface area contributed by atoms with Gasteiger partial charge in [-0.3, -0.25) is 0 Å². The highest BCUT2D eigenvalue weighted by Crippen LogP contribution is 2.30. The average molecular weight is 315 g/mol. The molecule has 0 radical (unpaired) electrons. The van der Waals surface area contributed by atoms with Gasteiger partial charge >= 0.3 is 6.18 Å². The number of halogens is 3. The second-order valence-electron chi connectivity index (χ2n) is 4.45. The first-order valence-electron chi connectivity index (χ1n) is 6.58. The SMILES string of the molecule is CCNCCc1csc(Nc2ccc(C(F)(F)F)cc2)n1. The molecule has 0 fully saturated rings. The van der Waals surface area contributed by atoms with Gasteiger partial charge in [0.25, 0.3) is 0 Å². The van der Waals surface area contributed by atoms with Crippen LogP contribution in [0.1, 0.15) is 18.2 Å². The third-order valence-corrected chi connectivity index (χ3v) is 3.63. The average Bonchev–Trinajstić information content (AvgIpc) is 2.86. The summed E-state index contributed by atoms with van der Waals surface area (Å²) in [5.74, 6) is 0. The summed E-state index contributed by atoms with van der Waals surface area (Å²) in [6.07, 6.45) is -3.47. The summed E-state index contributed by atoms with van der Waals surface area (Å²) in [4.78, 5) is 4.39. The van der Waals surface area contributed by atoms with Gasteiger partial charge in [0.05, 0.1) is 11.3 Å². The van der Waals surface area contributed by atoms with Crippen molar-refractivity contribution in [2.75, 3.05) is 18.4 Å². The van der Waals surface area contributed by atoms with Crippen molar-refractivity contribution in [1.82, 2.24) is 10.3 Å². The fourth-order valence-corrected chi connectivity index (χ4v) is 2.50. The predicted molar refractivity (Wildman–Crippen MR) is 79.1 cm³/mol. The van der Waals surface area contributed by atoms with Gasteiger partial charge in [-0.15, -0.1) is 11.3 Å². The Bertz CT molecular complexity index is 564. The zero-order valence-electron chi connectivity index (χ0n) is 11.5. The fourth-order valence-electron chi connectivity index (χ4n) is 1.74. The Kier molecular flexibility index (Phi) is 5.19. The maximum atomic E-state index is 12.5. The van der Waals surface area contributed by atoms with E-state index in [-0.39, 0.29) is 0 Å². The lowest BCUT2D eigenvalue weighted by Gasteiger charge is -2.07. The smallest absolute Gasteiger partial charge is 0.332 e. The molecule has 1 aromatic carbocycles. The van der Waals surface area contributed by atoms with Crippen molar-refractivity contribution < 1.29 is 13.2 Å². The molecule has 0 atom stereocenters. The van der Waals surface area contributed by atoms with Crippen molar-refractivity contribution in [3.05, 3.63) is 40.9 Å². The Morgan fingerprint density at radius 2 is 1.90 bits per heavy atom. The molecule has 0 bridgehead atoms. The molecule has 2 aromatic rings. The van der Waals surface area contributed by atoms with Crippen LogP contribution in [0.5, 0.6) is 0 Å². The Balaban J connectivity index is 1.95. The number of rotatable bonds is 6. The Morgan fingerprint density at radius 3 is 2.52 bits per heavy atom. The summed E-state index contributed by atoms with van der Waals surface area (Å²) in [5.41, 5.74) is 0.907. The van der Waals surface area contributed by atoms with Gasteiger partial charge in [0.15, 0.2) is 5.13 Å². The molecule has 7 heteroatoms. The number of hydrogen-bond donors (Lipinski definition) is 2. The third kappa shape index (κ3) is 4.71. The molecule has 114 valence electrons. The van der Waals surface area contributed by atoms with Crippen molar-refractivity contribution in [2.24, 2.45) is 0 Å². The maximum absolute atomic E-state index is 12.5. The quantitative estimate of drug-likeness (QED) is 0.789. The van der Waals surface area contributed by atoms with Gasteiger partial charge < -0.3 is 10.6 Å². The van der Waals surface area contributed by atoms with Crippen LogP contribution in [0.15, 0.2) is 29.6 Å². The van der Waals surface area contributed by atoms with Crippen LogP contribution in [0.4, 0.5) is 24.0 Å². The Labute approximate surface area is 125 Å². The molecule has 0 saturated heterocycles. The third-order valence-electron chi connectivity index (χ3n) is 2.82. The minimum absolute atomic E-state index is 0.593. The molecule has 0 aliphatic rings. The first kappa shape index (κ1) is 15.8. The number of nitrogens with zero attached hydrogens (tertiary/aromatic N) is 1. The Morgan fingerprint density at radius 1 is 1.19 bits per heavy atom. The second kappa shape index (κ2) is 6.91. The van der Waals surface area contributed by atoms with E-state index in [2.05, 4.69) is 15.6 Å². The zero-order chi connectivity index (χ0) is 15.3. The normalized spacial score (nSPS) is 11.6. The molecule has 3 nitrogen and oxygen atoms in total. The van der Waals surface area contributed by atoms with Crippen molar-refractivity contribution in [3.63, 3.8) is 0 Å². The van der Waals surface area contributed by atoms with Crippen LogP contribution in [-0.2, 0) is 12.6 Å². The number of nitrogens with one attached hydrogen (secondary N) is 2. The number of anilines is 2. The number of alkyl halides is 3. The minimum atomic E-state index is -4.31. The highest BCUT2D eigenvalue weighted by molar-refractivity contribution is 7.13. The van der Waals surface area contributed by atoms with Crippen molar-refractivity contribution in [1.29, 1.82) is 0 Å². The van der Waals surface area contributed by atoms with Crippen LogP contribution in [0.2, 0.25) is 0 Å². The van der Waals surface area contributed by atoms with Crippen molar-refractivity contribution in [3.8, 4) is 0 Å². The summed E-state index contributed by atoms with van der Waals surface area (Å²) >= 11 is 1.44.